The Bertz CT molecular complexity index is 864. The zero-order chi connectivity index (χ0) is 16.5. The highest BCUT2D eigenvalue weighted by Gasteiger charge is 2.20. The second-order valence-corrected chi connectivity index (χ2v) is 5.92. The summed E-state index contributed by atoms with van der Waals surface area (Å²) in [5, 5.41) is 8.19. The van der Waals surface area contributed by atoms with Crippen molar-refractivity contribution >= 4 is 5.91 Å². The average Bonchev–Trinajstić information content (AvgIpc) is 3.30. The summed E-state index contributed by atoms with van der Waals surface area (Å²) in [6.07, 6.45) is 3.22. The third kappa shape index (κ3) is 2.71. The Kier molecular flexibility index (Phi) is 3.65. The molecular weight excluding hydrogens is 306 g/mol. The number of hydrogen-bond donors (Lipinski definition) is 0. The average molecular weight is 323 g/mol. The Morgan fingerprint density at radius 1 is 1.12 bits per heavy atom. The molecule has 2 aromatic heterocycles. The van der Waals surface area contributed by atoms with Gasteiger partial charge in [0.1, 0.15) is 5.76 Å². The lowest BCUT2D eigenvalue weighted by Crippen LogP contribution is -2.23. The third-order valence-corrected chi connectivity index (χ3v) is 4.26. The molecule has 1 fully saturated rings. The topological polar surface area (TPSA) is 72.4 Å². The van der Waals surface area contributed by atoms with Gasteiger partial charge in [0.05, 0.1) is 11.8 Å². The maximum Gasteiger partial charge on any atom is 0.251 e. The first-order valence-corrected chi connectivity index (χ1v) is 7.96. The molecule has 1 saturated heterocycles. The van der Waals surface area contributed by atoms with Crippen LogP contribution in [0.2, 0.25) is 0 Å². The Labute approximate surface area is 139 Å². The first-order valence-electron chi connectivity index (χ1n) is 7.96. The van der Waals surface area contributed by atoms with Crippen molar-refractivity contribution < 1.29 is 13.6 Å². The van der Waals surface area contributed by atoms with Gasteiger partial charge >= 0.3 is 0 Å². The van der Waals surface area contributed by atoms with Crippen molar-refractivity contribution in [3.8, 4) is 22.9 Å². The second-order valence-electron chi connectivity index (χ2n) is 5.92. The maximum atomic E-state index is 11.7. The zero-order valence-corrected chi connectivity index (χ0v) is 13.4. The van der Waals surface area contributed by atoms with Crippen LogP contribution in [-0.2, 0) is 11.3 Å². The number of aryl methyl sites for hydroxylation is 1. The molecule has 1 aliphatic heterocycles. The number of carbonyl (C=O) groups is 1. The molecule has 1 aliphatic rings. The van der Waals surface area contributed by atoms with E-state index in [4.69, 9.17) is 8.83 Å². The number of aromatic nitrogens is 2. The smallest absolute Gasteiger partial charge is 0.251 e. The van der Waals surface area contributed by atoms with Crippen LogP contribution in [0.4, 0.5) is 0 Å². The number of likely N-dealkylation sites (tertiary alicyclic amines) is 1. The number of amides is 1. The molecule has 0 N–H and O–H groups in total. The van der Waals surface area contributed by atoms with E-state index < -0.39 is 0 Å². The van der Waals surface area contributed by atoms with Gasteiger partial charge in [-0.05, 0) is 37.1 Å². The third-order valence-electron chi connectivity index (χ3n) is 4.26. The van der Waals surface area contributed by atoms with Gasteiger partial charge in [-0.15, -0.1) is 10.2 Å². The van der Waals surface area contributed by atoms with Gasteiger partial charge in [0, 0.05) is 25.1 Å². The molecular formula is C18H17N3O3. The summed E-state index contributed by atoms with van der Waals surface area (Å²) >= 11 is 0. The molecule has 4 rings (SSSR count). The monoisotopic (exact) mass is 323 g/mol. The van der Waals surface area contributed by atoms with Crippen LogP contribution in [0.15, 0.2) is 45.4 Å². The summed E-state index contributed by atoms with van der Waals surface area (Å²) in [5.41, 5.74) is 2.75. The van der Waals surface area contributed by atoms with E-state index in [2.05, 4.69) is 10.2 Å². The molecule has 6 heteroatoms. The van der Waals surface area contributed by atoms with Crippen LogP contribution >= 0.6 is 0 Å². The minimum Gasteiger partial charge on any atom is -0.469 e. The molecule has 0 atom stereocenters. The lowest BCUT2D eigenvalue weighted by molar-refractivity contribution is -0.128. The van der Waals surface area contributed by atoms with E-state index in [0.29, 0.717) is 24.7 Å². The number of rotatable bonds is 4. The van der Waals surface area contributed by atoms with E-state index in [-0.39, 0.29) is 5.91 Å². The summed E-state index contributed by atoms with van der Waals surface area (Å²) in [6.45, 7) is 3.35. The van der Waals surface area contributed by atoms with Crippen molar-refractivity contribution in [1.82, 2.24) is 15.1 Å². The van der Waals surface area contributed by atoms with Gasteiger partial charge < -0.3 is 13.7 Å². The van der Waals surface area contributed by atoms with Crippen LogP contribution in [0.3, 0.4) is 0 Å². The van der Waals surface area contributed by atoms with Gasteiger partial charge in [-0.3, -0.25) is 4.79 Å². The highest BCUT2D eigenvalue weighted by molar-refractivity contribution is 5.78. The quantitative estimate of drug-likeness (QED) is 0.735. The van der Waals surface area contributed by atoms with E-state index in [0.717, 1.165) is 35.4 Å². The molecule has 0 aliphatic carbocycles. The van der Waals surface area contributed by atoms with Gasteiger partial charge in [0.25, 0.3) is 5.89 Å². The van der Waals surface area contributed by atoms with E-state index in [1.165, 1.54) is 0 Å². The van der Waals surface area contributed by atoms with E-state index >= 15 is 0 Å². The maximum absolute atomic E-state index is 11.7. The normalized spacial score (nSPS) is 14.5. The molecule has 24 heavy (non-hydrogen) atoms. The standard InChI is InChI=1S/C18H17N3O3/c1-12-15(8-10-23-12)18-20-19-17(24-18)14-6-4-13(5-7-14)11-21-9-2-3-16(21)22/h4-8,10H,2-3,9,11H2,1H3. The van der Waals surface area contributed by atoms with E-state index in [9.17, 15) is 4.79 Å². The van der Waals surface area contributed by atoms with Crippen molar-refractivity contribution in [2.45, 2.75) is 26.3 Å². The van der Waals surface area contributed by atoms with Crippen molar-refractivity contribution in [3.63, 3.8) is 0 Å². The van der Waals surface area contributed by atoms with Gasteiger partial charge in [-0.25, -0.2) is 0 Å². The van der Waals surface area contributed by atoms with Crippen molar-refractivity contribution in [2.75, 3.05) is 6.54 Å². The highest BCUT2D eigenvalue weighted by Crippen LogP contribution is 2.27. The minimum atomic E-state index is 0.233. The fourth-order valence-electron chi connectivity index (χ4n) is 2.90. The lowest BCUT2D eigenvalue weighted by Gasteiger charge is -2.15. The van der Waals surface area contributed by atoms with Gasteiger partial charge in [0.15, 0.2) is 0 Å². The molecule has 0 saturated carbocycles. The first kappa shape index (κ1) is 14.7. The largest absolute Gasteiger partial charge is 0.469 e. The highest BCUT2D eigenvalue weighted by atomic mass is 16.4. The molecule has 0 bridgehead atoms. The molecule has 0 radical (unpaired) electrons. The fraction of sp³-hybridized carbons (Fsp3) is 0.278. The van der Waals surface area contributed by atoms with Crippen LogP contribution in [-0.4, -0.2) is 27.5 Å². The summed E-state index contributed by atoms with van der Waals surface area (Å²) in [7, 11) is 0. The Balaban J connectivity index is 1.52. The van der Waals surface area contributed by atoms with Crippen molar-refractivity contribution in [1.29, 1.82) is 0 Å². The number of nitrogens with zero attached hydrogens (tertiary/aromatic N) is 3. The number of benzene rings is 1. The number of carbonyl (C=O) groups excluding carboxylic acids is 1. The SMILES string of the molecule is Cc1occc1-c1nnc(-c2ccc(CN3CCCC3=O)cc2)o1. The lowest BCUT2D eigenvalue weighted by atomic mass is 10.1. The Morgan fingerprint density at radius 3 is 2.58 bits per heavy atom. The predicted molar refractivity (Wildman–Crippen MR) is 86.8 cm³/mol. The fourth-order valence-corrected chi connectivity index (χ4v) is 2.90. The van der Waals surface area contributed by atoms with Gasteiger partial charge in [0.2, 0.25) is 11.8 Å². The van der Waals surface area contributed by atoms with Crippen molar-refractivity contribution in [2.24, 2.45) is 0 Å². The van der Waals surface area contributed by atoms with Crippen LogP contribution in [0.1, 0.15) is 24.2 Å². The number of hydrogen-bond acceptors (Lipinski definition) is 5. The van der Waals surface area contributed by atoms with E-state index in [1.807, 2.05) is 42.2 Å². The summed E-state index contributed by atoms with van der Waals surface area (Å²) in [6, 6.07) is 9.68. The molecule has 3 heterocycles. The van der Waals surface area contributed by atoms with Gasteiger partial charge in [-0.1, -0.05) is 12.1 Å². The van der Waals surface area contributed by atoms with Crippen LogP contribution in [0.25, 0.3) is 22.9 Å². The Hall–Kier alpha value is -2.89. The zero-order valence-electron chi connectivity index (χ0n) is 13.4. The second kappa shape index (κ2) is 5.96. The predicted octanol–water partition coefficient (Wildman–Crippen LogP) is 3.43. The van der Waals surface area contributed by atoms with Gasteiger partial charge in [-0.2, -0.15) is 0 Å². The summed E-state index contributed by atoms with van der Waals surface area (Å²) < 4.78 is 11.0. The molecule has 0 unspecified atom stereocenters. The summed E-state index contributed by atoms with van der Waals surface area (Å²) in [4.78, 5) is 13.6. The molecule has 122 valence electrons. The van der Waals surface area contributed by atoms with Crippen molar-refractivity contribution in [3.05, 3.63) is 47.9 Å². The summed E-state index contributed by atoms with van der Waals surface area (Å²) in [5.74, 6) is 1.89. The van der Waals surface area contributed by atoms with Crippen LogP contribution < -0.4 is 0 Å². The van der Waals surface area contributed by atoms with E-state index in [1.54, 1.807) is 6.26 Å². The molecule has 0 spiro atoms. The minimum absolute atomic E-state index is 0.233. The molecule has 6 nitrogen and oxygen atoms in total. The molecule has 1 aromatic carbocycles. The Morgan fingerprint density at radius 2 is 1.92 bits per heavy atom. The first-order chi connectivity index (χ1) is 11.7. The van der Waals surface area contributed by atoms with Crippen LogP contribution in [0.5, 0.6) is 0 Å². The molecule has 1 amide bonds. The van der Waals surface area contributed by atoms with Crippen LogP contribution in [0, 0.1) is 6.92 Å². The number of furan rings is 1. The molecule has 3 aromatic rings.